The Labute approximate surface area is 216 Å². The van der Waals surface area contributed by atoms with Gasteiger partial charge in [-0.1, -0.05) is 50.2 Å². The first kappa shape index (κ1) is 24.1. The van der Waals surface area contributed by atoms with Crippen LogP contribution in [0.25, 0.3) is 11.1 Å². The van der Waals surface area contributed by atoms with Crippen molar-refractivity contribution in [2.75, 3.05) is 24.9 Å². The van der Waals surface area contributed by atoms with Gasteiger partial charge in [-0.05, 0) is 70.8 Å². The van der Waals surface area contributed by atoms with Crippen LogP contribution < -0.4 is 10.6 Å². The van der Waals surface area contributed by atoms with Crippen LogP contribution in [0.15, 0.2) is 84.9 Å². The molecule has 37 heavy (non-hydrogen) atoms. The Morgan fingerprint density at radius 2 is 1.03 bits per heavy atom. The number of para-hydroxylation sites is 2. The molecule has 0 saturated heterocycles. The maximum absolute atomic E-state index is 12.2. The number of carbonyl (C=O) groups is 2. The van der Waals surface area contributed by atoms with Gasteiger partial charge in [0.25, 0.3) is 0 Å². The fraction of sp³-hybridized carbons (Fsp3) is 0.161. The summed E-state index contributed by atoms with van der Waals surface area (Å²) in [6.07, 6.45) is 0. The van der Waals surface area contributed by atoms with Crippen molar-refractivity contribution in [3.8, 4) is 11.1 Å². The second-order valence-corrected chi connectivity index (χ2v) is 9.47. The number of rotatable bonds is 6. The number of carbonyl (C=O) groups excluding carboxylic acids is 2. The molecule has 186 valence electrons. The van der Waals surface area contributed by atoms with Crippen molar-refractivity contribution in [2.45, 2.75) is 19.3 Å². The Balaban J connectivity index is 1.47. The number of fused-ring (bicyclic) bond motifs is 3. The zero-order valence-electron chi connectivity index (χ0n) is 21.2. The maximum atomic E-state index is 12.2. The Morgan fingerprint density at radius 3 is 1.43 bits per heavy atom. The predicted molar refractivity (Wildman–Crippen MR) is 146 cm³/mol. The molecule has 0 aliphatic heterocycles. The van der Waals surface area contributed by atoms with Gasteiger partial charge in [0.05, 0.1) is 36.7 Å². The summed E-state index contributed by atoms with van der Waals surface area (Å²) < 4.78 is 9.87. The van der Waals surface area contributed by atoms with Crippen LogP contribution in [0.2, 0.25) is 0 Å². The lowest BCUT2D eigenvalue weighted by Crippen LogP contribution is -2.15. The number of hydrogen-bond donors (Lipinski definition) is 2. The zero-order valence-corrected chi connectivity index (χ0v) is 21.2. The first-order valence-corrected chi connectivity index (χ1v) is 12.0. The van der Waals surface area contributed by atoms with Crippen molar-refractivity contribution in [3.63, 3.8) is 0 Å². The van der Waals surface area contributed by atoms with Crippen molar-refractivity contribution < 1.29 is 19.1 Å². The highest BCUT2D eigenvalue weighted by molar-refractivity contribution is 5.97. The van der Waals surface area contributed by atoms with Crippen molar-refractivity contribution in [1.82, 2.24) is 0 Å². The minimum atomic E-state index is -0.384. The molecule has 0 heterocycles. The standard InChI is InChI=1S/C31H28N2O4/c1-31(2)25-17-19(32-27-11-7-5-9-23(27)29(34)36-3)13-15-21(25)22-16-14-20(18-26(22)31)33-28-12-8-6-10-24(28)30(35)37-4/h5-18,32-33H,1-4H3. The summed E-state index contributed by atoms with van der Waals surface area (Å²) >= 11 is 0. The molecule has 0 saturated carbocycles. The maximum Gasteiger partial charge on any atom is 0.339 e. The number of methoxy groups -OCH3 is 2. The highest BCUT2D eigenvalue weighted by atomic mass is 16.5. The molecule has 4 aromatic rings. The third-order valence-electron chi connectivity index (χ3n) is 6.90. The van der Waals surface area contributed by atoms with E-state index in [2.05, 4.69) is 48.7 Å². The largest absolute Gasteiger partial charge is 0.465 e. The average molecular weight is 493 g/mol. The Bertz CT molecular complexity index is 1410. The molecule has 4 aromatic carbocycles. The van der Waals surface area contributed by atoms with Crippen LogP contribution in [0.5, 0.6) is 0 Å². The minimum Gasteiger partial charge on any atom is -0.465 e. The van der Waals surface area contributed by atoms with Crippen molar-refractivity contribution >= 4 is 34.7 Å². The van der Waals surface area contributed by atoms with Gasteiger partial charge in [-0.3, -0.25) is 0 Å². The van der Waals surface area contributed by atoms with Gasteiger partial charge in [-0.2, -0.15) is 0 Å². The van der Waals surface area contributed by atoms with Crippen molar-refractivity contribution in [3.05, 3.63) is 107 Å². The number of ether oxygens (including phenoxy) is 2. The molecule has 1 aliphatic rings. The molecular formula is C31H28N2O4. The molecule has 0 spiro atoms. The van der Waals surface area contributed by atoms with E-state index in [1.54, 1.807) is 12.1 Å². The summed E-state index contributed by atoms with van der Waals surface area (Å²) in [5, 5.41) is 6.78. The Hall–Kier alpha value is -4.58. The summed E-state index contributed by atoms with van der Waals surface area (Å²) in [7, 11) is 2.76. The normalized spacial score (nSPS) is 12.8. The molecular weight excluding hydrogens is 464 g/mol. The summed E-state index contributed by atoms with van der Waals surface area (Å²) in [6, 6.07) is 27.2. The number of anilines is 4. The van der Waals surface area contributed by atoms with Gasteiger partial charge in [0.1, 0.15) is 0 Å². The monoisotopic (exact) mass is 492 g/mol. The van der Waals surface area contributed by atoms with E-state index in [0.29, 0.717) is 22.5 Å². The summed E-state index contributed by atoms with van der Waals surface area (Å²) in [4.78, 5) is 24.4. The number of benzene rings is 4. The van der Waals surface area contributed by atoms with E-state index in [-0.39, 0.29) is 17.4 Å². The van der Waals surface area contributed by atoms with Crippen LogP contribution in [0, 0.1) is 0 Å². The quantitative estimate of drug-likeness (QED) is 0.281. The highest BCUT2D eigenvalue weighted by Gasteiger charge is 2.36. The molecule has 0 fully saturated rings. The minimum absolute atomic E-state index is 0.260. The first-order valence-electron chi connectivity index (χ1n) is 12.0. The van der Waals surface area contributed by atoms with E-state index in [4.69, 9.17) is 9.47 Å². The zero-order chi connectivity index (χ0) is 26.2. The Morgan fingerprint density at radius 1 is 0.622 bits per heavy atom. The van der Waals surface area contributed by atoms with E-state index in [9.17, 15) is 9.59 Å². The number of esters is 2. The van der Waals surface area contributed by atoms with E-state index >= 15 is 0 Å². The third-order valence-corrected chi connectivity index (χ3v) is 6.90. The van der Waals surface area contributed by atoms with E-state index in [1.807, 2.05) is 48.5 Å². The molecule has 6 nitrogen and oxygen atoms in total. The lowest BCUT2D eigenvalue weighted by Gasteiger charge is -2.23. The lowest BCUT2D eigenvalue weighted by molar-refractivity contribution is 0.0593. The molecule has 0 unspecified atom stereocenters. The lowest BCUT2D eigenvalue weighted by atomic mass is 9.82. The molecule has 0 bridgehead atoms. The van der Waals surface area contributed by atoms with Crippen LogP contribution in [-0.2, 0) is 14.9 Å². The fourth-order valence-corrected chi connectivity index (χ4v) is 4.96. The molecule has 1 aliphatic carbocycles. The molecule has 0 amide bonds. The predicted octanol–water partition coefficient (Wildman–Crippen LogP) is 7.05. The van der Waals surface area contributed by atoms with Crippen LogP contribution in [0.3, 0.4) is 0 Å². The van der Waals surface area contributed by atoms with Crippen LogP contribution in [0.1, 0.15) is 45.7 Å². The van der Waals surface area contributed by atoms with E-state index in [1.165, 1.54) is 36.5 Å². The summed E-state index contributed by atoms with van der Waals surface area (Å²) in [5.74, 6) is -0.767. The summed E-state index contributed by atoms with van der Waals surface area (Å²) in [6.45, 7) is 4.41. The first-order chi connectivity index (χ1) is 17.8. The van der Waals surface area contributed by atoms with Crippen molar-refractivity contribution in [1.29, 1.82) is 0 Å². The molecule has 5 rings (SSSR count). The van der Waals surface area contributed by atoms with E-state index in [0.717, 1.165) is 11.4 Å². The van der Waals surface area contributed by atoms with E-state index < -0.39 is 0 Å². The van der Waals surface area contributed by atoms with Gasteiger partial charge < -0.3 is 20.1 Å². The van der Waals surface area contributed by atoms with Gasteiger partial charge in [-0.15, -0.1) is 0 Å². The number of hydrogen-bond acceptors (Lipinski definition) is 6. The molecule has 0 atom stereocenters. The molecule has 6 heteroatoms. The van der Waals surface area contributed by atoms with Gasteiger partial charge in [0.2, 0.25) is 0 Å². The molecule has 2 N–H and O–H groups in total. The number of nitrogens with one attached hydrogen (secondary N) is 2. The van der Waals surface area contributed by atoms with Gasteiger partial charge in [0.15, 0.2) is 0 Å². The third kappa shape index (κ3) is 4.31. The molecule has 0 aromatic heterocycles. The van der Waals surface area contributed by atoms with Crippen molar-refractivity contribution in [2.24, 2.45) is 0 Å². The average Bonchev–Trinajstić information content (AvgIpc) is 3.14. The van der Waals surface area contributed by atoms with Gasteiger partial charge >= 0.3 is 11.9 Å². The highest BCUT2D eigenvalue weighted by Crippen LogP contribution is 2.50. The SMILES string of the molecule is COC(=O)c1ccccc1Nc1ccc2c(c1)C(C)(C)c1cc(Nc3ccccc3C(=O)OC)ccc1-2. The molecule has 0 radical (unpaired) electrons. The van der Waals surface area contributed by atoms with Crippen LogP contribution in [0.4, 0.5) is 22.7 Å². The summed E-state index contributed by atoms with van der Waals surface area (Å²) in [5.41, 5.74) is 8.60. The second kappa shape index (κ2) is 9.47. The van der Waals surface area contributed by atoms with Gasteiger partial charge in [-0.25, -0.2) is 9.59 Å². The fourth-order valence-electron chi connectivity index (χ4n) is 4.96. The second-order valence-electron chi connectivity index (χ2n) is 9.47. The van der Waals surface area contributed by atoms with Gasteiger partial charge in [0, 0.05) is 16.8 Å². The topological polar surface area (TPSA) is 76.7 Å². The Kier molecular flexibility index (Phi) is 6.17. The smallest absolute Gasteiger partial charge is 0.339 e. The van der Waals surface area contributed by atoms with Crippen LogP contribution >= 0.6 is 0 Å². The van der Waals surface area contributed by atoms with Crippen LogP contribution in [-0.4, -0.2) is 26.2 Å².